The number of anilines is 1. The van der Waals surface area contributed by atoms with Crippen molar-refractivity contribution in [3.05, 3.63) is 132 Å². The number of aryl methyl sites for hydroxylation is 1. The van der Waals surface area contributed by atoms with Gasteiger partial charge in [0.15, 0.2) is 0 Å². The minimum Gasteiger partial charge on any atom is -0.352 e. The molecule has 0 fully saturated rings. The van der Waals surface area contributed by atoms with Crippen LogP contribution < -0.4 is 9.62 Å². The monoisotopic (exact) mass is 629 g/mol. The van der Waals surface area contributed by atoms with Crippen LogP contribution in [-0.4, -0.2) is 43.8 Å². The van der Waals surface area contributed by atoms with E-state index in [-0.39, 0.29) is 29.8 Å². The van der Waals surface area contributed by atoms with E-state index in [1.807, 2.05) is 63.2 Å². The van der Waals surface area contributed by atoms with E-state index in [2.05, 4.69) is 5.32 Å². The lowest BCUT2D eigenvalue weighted by Gasteiger charge is -2.34. The number of hydrogen-bond acceptors (Lipinski definition) is 4. The number of amides is 2. The van der Waals surface area contributed by atoms with Gasteiger partial charge in [0.25, 0.3) is 10.0 Å². The Morgan fingerprint density at radius 3 is 2.02 bits per heavy atom. The topological polar surface area (TPSA) is 86.8 Å². The van der Waals surface area contributed by atoms with Crippen molar-refractivity contribution in [2.45, 2.75) is 63.6 Å². The molecule has 0 saturated carbocycles. The number of sulfonamides is 1. The Morgan fingerprint density at radius 2 is 1.40 bits per heavy atom. The van der Waals surface area contributed by atoms with E-state index < -0.39 is 34.3 Å². The molecule has 4 rings (SSSR count). The molecule has 45 heavy (non-hydrogen) atoms. The number of carbonyl (C=O) groups is 2. The maximum atomic E-state index is 14.5. The fraction of sp³-hybridized carbons (Fsp3) is 0.278. The second-order valence-corrected chi connectivity index (χ2v) is 12.8. The van der Waals surface area contributed by atoms with Crippen LogP contribution in [0.1, 0.15) is 43.9 Å². The smallest absolute Gasteiger partial charge is 0.264 e. The van der Waals surface area contributed by atoms with Crippen molar-refractivity contribution in [3.8, 4) is 0 Å². The summed E-state index contributed by atoms with van der Waals surface area (Å²) in [7, 11) is -4.19. The Bertz CT molecular complexity index is 1670. The fourth-order valence-corrected chi connectivity index (χ4v) is 6.54. The maximum absolute atomic E-state index is 14.5. The molecule has 0 saturated heterocycles. The lowest BCUT2D eigenvalue weighted by Crippen LogP contribution is -2.54. The predicted molar refractivity (Wildman–Crippen MR) is 176 cm³/mol. The highest BCUT2D eigenvalue weighted by molar-refractivity contribution is 7.92. The number of rotatable bonds is 14. The zero-order chi connectivity index (χ0) is 32.4. The van der Waals surface area contributed by atoms with Crippen LogP contribution in [0.25, 0.3) is 0 Å². The van der Waals surface area contributed by atoms with E-state index in [1.165, 1.54) is 29.2 Å². The third-order valence-corrected chi connectivity index (χ3v) is 9.56. The van der Waals surface area contributed by atoms with Crippen LogP contribution >= 0.6 is 0 Å². The first kappa shape index (κ1) is 33.4. The van der Waals surface area contributed by atoms with Gasteiger partial charge in [-0.25, -0.2) is 12.8 Å². The fourth-order valence-electron chi connectivity index (χ4n) is 5.07. The summed E-state index contributed by atoms with van der Waals surface area (Å²) in [6.07, 6.45) is 1.43. The van der Waals surface area contributed by atoms with Crippen LogP contribution in [0.2, 0.25) is 0 Å². The standard InChI is InChI=1S/C36H40FN3O4S/c1-4-27(3)38-36(42)34(24-28-14-8-6-9-15-28)39(25-29-20-22-31(37)23-21-29)35(41)26-40(33-19-13-12-16-30(33)5-2)45(43,44)32-17-10-7-11-18-32/h6-23,27,34H,4-5,24-26H2,1-3H3,(H,38,42)/t27-,34-/m0/s1. The Balaban J connectivity index is 1.82. The highest BCUT2D eigenvalue weighted by Gasteiger charge is 2.35. The molecule has 4 aromatic rings. The van der Waals surface area contributed by atoms with Crippen LogP contribution in [0.5, 0.6) is 0 Å². The first-order chi connectivity index (χ1) is 21.6. The van der Waals surface area contributed by atoms with Crippen molar-refractivity contribution in [1.29, 1.82) is 0 Å². The summed E-state index contributed by atoms with van der Waals surface area (Å²) in [5.74, 6) is -1.34. The van der Waals surface area contributed by atoms with Crippen LogP contribution in [0, 0.1) is 5.82 Å². The van der Waals surface area contributed by atoms with E-state index in [1.54, 1.807) is 42.5 Å². The van der Waals surface area contributed by atoms with E-state index in [4.69, 9.17) is 0 Å². The molecule has 1 N–H and O–H groups in total. The van der Waals surface area contributed by atoms with E-state index in [9.17, 15) is 22.4 Å². The minimum absolute atomic E-state index is 0.0286. The quantitative estimate of drug-likeness (QED) is 0.182. The molecule has 0 heterocycles. The van der Waals surface area contributed by atoms with Crippen molar-refractivity contribution >= 4 is 27.5 Å². The second kappa shape index (κ2) is 15.5. The maximum Gasteiger partial charge on any atom is 0.264 e. The van der Waals surface area contributed by atoms with Gasteiger partial charge in [0.2, 0.25) is 11.8 Å². The number of hydrogen-bond donors (Lipinski definition) is 1. The minimum atomic E-state index is -4.19. The predicted octanol–water partition coefficient (Wildman–Crippen LogP) is 6.14. The highest BCUT2D eigenvalue weighted by atomic mass is 32.2. The summed E-state index contributed by atoms with van der Waals surface area (Å²) in [5, 5.41) is 3.01. The molecule has 0 bridgehead atoms. The normalized spacial score (nSPS) is 12.6. The summed E-state index contributed by atoms with van der Waals surface area (Å²) >= 11 is 0. The Kier molecular flexibility index (Phi) is 11.5. The number of benzene rings is 4. The molecule has 236 valence electrons. The van der Waals surface area contributed by atoms with E-state index in [0.717, 1.165) is 15.4 Å². The van der Waals surface area contributed by atoms with Gasteiger partial charge in [-0.15, -0.1) is 0 Å². The molecule has 0 aliphatic heterocycles. The van der Waals surface area contributed by atoms with Crippen molar-refractivity contribution < 1.29 is 22.4 Å². The molecule has 0 radical (unpaired) electrons. The van der Waals surface area contributed by atoms with Gasteiger partial charge in [-0.1, -0.05) is 92.7 Å². The van der Waals surface area contributed by atoms with Crippen molar-refractivity contribution in [3.63, 3.8) is 0 Å². The summed E-state index contributed by atoms with van der Waals surface area (Å²) < 4.78 is 43.3. The lowest BCUT2D eigenvalue weighted by atomic mass is 10.0. The zero-order valence-corrected chi connectivity index (χ0v) is 26.7. The number of nitrogens with one attached hydrogen (secondary N) is 1. The second-order valence-electron chi connectivity index (χ2n) is 11.0. The van der Waals surface area contributed by atoms with Gasteiger partial charge in [0, 0.05) is 19.0 Å². The highest BCUT2D eigenvalue weighted by Crippen LogP contribution is 2.28. The first-order valence-electron chi connectivity index (χ1n) is 15.2. The molecule has 0 aliphatic carbocycles. The molecule has 2 amide bonds. The molecule has 7 nitrogen and oxygen atoms in total. The van der Waals surface area contributed by atoms with Crippen LogP contribution in [0.15, 0.2) is 114 Å². The Labute approximate surface area is 265 Å². The van der Waals surface area contributed by atoms with E-state index in [0.29, 0.717) is 24.1 Å². The third-order valence-electron chi connectivity index (χ3n) is 7.79. The zero-order valence-electron chi connectivity index (χ0n) is 25.9. The number of para-hydroxylation sites is 1. The van der Waals surface area contributed by atoms with Crippen molar-refractivity contribution in [1.82, 2.24) is 10.2 Å². The molecule has 0 spiro atoms. The molecule has 0 unspecified atom stereocenters. The molecule has 2 atom stereocenters. The molecule has 9 heteroatoms. The van der Waals surface area contributed by atoms with Crippen LogP contribution in [-0.2, 0) is 39.0 Å². The van der Waals surface area contributed by atoms with E-state index >= 15 is 0 Å². The molecular weight excluding hydrogens is 589 g/mol. The van der Waals surface area contributed by atoms with Gasteiger partial charge in [-0.3, -0.25) is 13.9 Å². The summed E-state index contributed by atoms with van der Waals surface area (Å²) in [6.45, 7) is 5.19. The third kappa shape index (κ3) is 8.57. The number of nitrogens with zero attached hydrogens (tertiary/aromatic N) is 2. The average molecular weight is 630 g/mol. The lowest BCUT2D eigenvalue weighted by molar-refractivity contribution is -0.140. The first-order valence-corrected chi connectivity index (χ1v) is 16.6. The summed E-state index contributed by atoms with van der Waals surface area (Å²) in [5.41, 5.74) is 2.59. The van der Waals surface area contributed by atoms with Gasteiger partial charge >= 0.3 is 0 Å². The largest absolute Gasteiger partial charge is 0.352 e. The Hall–Kier alpha value is -4.50. The van der Waals surface area contributed by atoms with Gasteiger partial charge in [0.1, 0.15) is 18.4 Å². The molecular formula is C36H40FN3O4S. The van der Waals surface area contributed by atoms with Gasteiger partial charge in [-0.2, -0.15) is 0 Å². The van der Waals surface area contributed by atoms with Gasteiger partial charge in [0.05, 0.1) is 10.6 Å². The molecule has 0 aromatic heterocycles. The number of carbonyl (C=O) groups excluding carboxylic acids is 2. The van der Waals surface area contributed by atoms with Crippen LogP contribution in [0.4, 0.5) is 10.1 Å². The van der Waals surface area contributed by atoms with Gasteiger partial charge in [-0.05, 0) is 66.8 Å². The van der Waals surface area contributed by atoms with Crippen molar-refractivity contribution in [2.75, 3.05) is 10.8 Å². The number of halogens is 1. The molecule has 4 aromatic carbocycles. The summed E-state index contributed by atoms with van der Waals surface area (Å²) in [6, 6.07) is 29.0. The summed E-state index contributed by atoms with van der Waals surface area (Å²) in [4.78, 5) is 29.9. The average Bonchev–Trinajstić information content (AvgIpc) is 3.06. The van der Waals surface area contributed by atoms with Crippen LogP contribution in [0.3, 0.4) is 0 Å². The molecule has 0 aliphatic rings. The SMILES string of the molecule is CCc1ccccc1N(CC(=O)N(Cc1ccc(F)cc1)[C@@H](Cc1ccccc1)C(=O)N[C@@H](C)CC)S(=O)(=O)c1ccccc1. The van der Waals surface area contributed by atoms with Crippen molar-refractivity contribution in [2.24, 2.45) is 0 Å². The van der Waals surface area contributed by atoms with Gasteiger partial charge < -0.3 is 10.2 Å². The Morgan fingerprint density at radius 1 is 0.800 bits per heavy atom.